The number of hydrogen-bond donors (Lipinski definition) is 3. The number of aliphatic hydroxyl groups excluding tert-OH is 1. The van der Waals surface area contributed by atoms with E-state index in [9.17, 15) is 9.59 Å². The molecule has 0 radical (unpaired) electrons. The Morgan fingerprint density at radius 3 is 2.43 bits per heavy atom. The van der Waals surface area contributed by atoms with Gasteiger partial charge in [-0.3, -0.25) is 9.59 Å². The number of aliphatic hydroxyl groups is 1. The molecule has 21 heavy (non-hydrogen) atoms. The topological polar surface area (TPSA) is 78.4 Å². The molecule has 0 aliphatic heterocycles. The molecule has 110 valence electrons. The predicted molar refractivity (Wildman–Crippen MR) is 90.9 cm³/mol. The lowest BCUT2D eigenvalue weighted by Gasteiger charge is -2.06. The van der Waals surface area contributed by atoms with Gasteiger partial charge in [-0.05, 0) is 52.9 Å². The van der Waals surface area contributed by atoms with Crippen LogP contribution in [0, 0.1) is 2.88 Å². The summed E-state index contributed by atoms with van der Waals surface area (Å²) in [5.41, 5.74) is 1.72. The molecule has 7 heteroatoms. The number of halogens is 1. The third-order valence-electron chi connectivity index (χ3n) is 2.63. The fourth-order valence-corrected chi connectivity index (χ4v) is 2.94. The average Bonchev–Trinajstić information content (AvgIpc) is 2.92. The molecule has 0 unspecified atom stereocenters. The molecule has 1 heterocycles. The fourth-order valence-electron chi connectivity index (χ4n) is 1.61. The van der Waals surface area contributed by atoms with Crippen LogP contribution in [0.1, 0.15) is 20.7 Å². The number of rotatable bonds is 5. The minimum atomic E-state index is -0.255. The summed E-state index contributed by atoms with van der Waals surface area (Å²) in [6.45, 7) is 0.118. The number of amides is 2. The largest absolute Gasteiger partial charge is 0.395 e. The summed E-state index contributed by atoms with van der Waals surface area (Å²) in [5.74, 6) is -0.430. The number of carbonyl (C=O) groups is 2. The number of thiophene rings is 1. The van der Waals surface area contributed by atoms with E-state index in [1.54, 1.807) is 29.6 Å². The highest BCUT2D eigenvalue weighted by Gasteiger charge is 2.09. The van der Waals surface area contributed by atoms with Crippen molar-refractivity contribution in [1.29, 1.82) is 0 Å². The standard InChI is InChI=1S/C14H13IN2O3S/c15-12-7-10(8-21-12)14(20)17-11-3-1-9(2-4-11)13(19)16-5-6-18/h1-4,7-8,18H,5-6H2,(H,16,19)(H,17,20). The van der Waals surface area contributed by atoms with Crippen LogP contribution < -0.4 is 10.6 Å². The molecule has 0 atom stereocenters. The average molecular weight is 416 g/mol. The highest BCUT2D eigenvalue weighted by molar-refractivity contribution is 14.1. The molecule has 0 spiro atoms. The monoisotopic (exact) mass is 416 g/mol. The summed E-state index contributed by atoms with van der Waals surface area (Å²) in [4.78, 5) is 23.6. The van der Waals surface area contributed by atoms with Crippen molar-refractivity contribution in [2.45, 2.75) is 0 Å². The first kappa shape index (κ1) is 15.9. The van der Waals surface area contributed by atoms with Crippen molar-refractivity contribution in [2.75, 3.05) is 18.5 Å². The first-order valence-electron chi connectivity index (χ1n) is 6.14. The van der Waals surface area contributed by atoms with E-state index in [0.29, 0.717) is 16.8 Å². The molecule has 0 aliphatic carbocycles. The minimum Gasteiger partial charge on any atom is -0.395 e. The van der Waals surface area contributed by atoms with Gasteiger partial charge in [-0.1, -0.05) is 0 Å². The van der Waals surface area contributed by atoms with E-state index in [0.717, 1.165) is 2.88 Å². The Balaban J connectivity index is 1.99. The molecule has 2 aromatic rings. The number of benzene rings is 1. The van der Waals surface area contributed by atoms with Crippen LogP contribution in [0.4, 0.5) is 5.69 Å². The Bertz CT molecular complexity index is 640. The highest BCUT2D eigenvalue weighted by Crippen LogP contribution is 2.18. The molecule has 2 rings (SSSR count). The molecule has 2 amide bonds. The number of anilines is 1. The molecular formula is C14H13IN2O3S. The maximum atomic E-state index is 12.0. The zero-order valence-corrected chi connectivity index (χ0v) is 13.9. The first-order valence-corrected chi connectivity index (χ1v) is 8.10. The summed E-state index contributed by atoms with van der Waals surface area (Å²) >= 11 is 3.67. The summed E-state index contributed by atoms with van der Waals surface area (Å²) in [5, 5.41) is 15.8. The van der Waals surface area contributed by atoms with Gasteiger partial charge in [-0.2, -0.15) is 0 Å². The Kier molecular flexibility index (Phi) is 5.71. The molecule has 0 saturated heterocycles. The van der Waals surface area contributed by atoms with Crippen molar-refractivity contribution in [2.24, 2.45) is 0 Å². The molecule has 1 aromatic carbocycles. The van der Waals surface area contributed by atoms with Crippen LogP contribution in [0.25, 0.3) is 0 Å². The first-order chi connectivity index (χ1) is 10.1. The summed E-state index contributed by atoms with van der Waals surface area (Å²) in [7, 11) is 0. The van der Waals surface area contributed by atoms with E-state index in [4.69, 9.17) is 5.11 Å². The van der Waals surface area contributed by atoms with Crippen LogP contribution in [0.5, 0.6) is 0 Å². The number of hydrogen-bond acceptors (Lipinski definition) is 4. The van der Waals surface area contributed by atoms with Crippen LogP contribution >= 0.6 is 33.9 Å². The molecule has 0 fully saturated rings. The molecule has 5 nitrogen and oxygen atoms in total. The molecular weight excluding hydrogens is 403 g/mol. The van der Waals surface area contributed by atoms with Gasteiger partial charge in [0, 0.05) is 23.2 Å². The Morgan fingerprint density at radius 1 is 1.14 bits per heavy atom. The smallest absolute Gasteiger partial charge is 0.256 e. The quantitative estimate of drug-likeness (QED) is 0.655. The van der Waals surface area contributed by atoms with E-state index in [-0.39, 0.29) is 25.0 Å². The van der Waals surface area contributed by atoms with Gasteiger partial charge in [0.05, 0.1) is 15.1 Å². The van der Waals surface area contributed by atoms with Gasteiger partial charge in [0.2, 0.25) is 0 Å². The van der Waals surface area contributed by atoms with Gasteiger partial charge in [0.15, 0.2) is 0 Å². The van der Waals surface area contributed by atoms with Crippen LogP contribution in [-0.4, -0.2) is 30.1 Å². The Hall–Kier alpha value is -1.45. The van der Waals surface area contributed by atoms with Crippen LogP contribution in [0.2, 0.25) is 0 Å². The van der Waals surface area contributed by atoms with Crippen molar-refractivity contribution in [3.05, 3.63) is 49.7 Å². The summed E-state index contributed by atoms with van der Waals surface area (Å²) in [6, 6.07) is 8.41. The summed E-state index contributed by atoms with van der Waals surface area (Å²) in [6.07, 6.45) is 0. The van der Waals surface area contributed by atoms with Crippen LogP contribution in [0.3, 0.4) is 0 Å². The maximum Gasteiger partial charge on any atom is 0.256 e. The van der Waals surface area contributed by atoms with E-state index in [1.807, 2.05) is 6.07 Å². The van der Waals surface area contributed by atoms with Gasteiger partial charge >= 0.3 is 0 Å². The highest BCUT2D eigenvalue weighted by atomic mass is 127. The fraction of sp³-hybridized carbons (Fsp3) is 0.143. The molecule has 1 aromatic heterocycles. The van der Waals surface area contributed by atoms with Crippen LogP contribution in [-0.2, 0) is 0 Å². The number of nitrogens with one attached hydrogen (secondary N) is 2. The van der Waals surface area contributed by atoms with Gasteiger partial charge in [0.1, 0.15) is 0 Å². The van der Waals surface area contributed by atoms with Crippen molar-refractivity contribution < 1.29 is 14.7 Å². The van der Waals surface area contributed by atoms with Crippen LogP contribution in [0.15, 0.2) is 35.7 Å². The second kappa shape index (κ2) is 7.53. The van der Waals surface area contributed by atoms with Crippen molar-refractivity contribution in [3.63, 3.8) is 0 Å². The molecule has 3 N–H and O–H groups in total. The molecule has 0 bridgehead atoms. The summed E-state index contributed by atoms with van der Waals surface area (Å²) < 4.78 is 1.05. The van der Waals surface area contributed by atoms with Gasteiger partial charge in [-0.25, -0.2) is 0 Å². The molecule has 0 saturated carbocycles. The third-order valence-corrected chi connectivity index (χ3v) is 4.42. The van der Waals surface area contributed by atoms with Gasteiger partial charge in [0.25, 0.3) is 11.8 Å². The van der Waals surface area contributed by atoms with Crippen molar-refractivity contribution in [1.82, 2.24) is 5.32 Å². The third kappa shape index (κ3) is 4.51. The predicted octanol–water partition coefficient (Wildman–Crippen LogP) is 2.33. The maximum absolute atomic E-state index is 12.0. The van der Waals surface area contributed by atoms with Crippen molar-refractivity contribution in [3.8, 4) is 0 Å². The lowest BCUT2D eigenvalue weighted by Crippen LogP contribution is -2.26. The van der Waals surface area contributed by atoms with E-state index in [2.05, 4.69) is 33.2 Å². The van der Waals surface area contributed by atoms with Crippen molar-refractivity contribution >= 4 is 51.4 Å². The minimum absolute atomic E-state index is 0.0979. The second-order valence-electron chi connectivity index (χ2n) is 4.15. The number of carbonyl (C=O) groups excluding carboxylic acids is 2. The van der Waals surface area contributed by atoms with Gasteiger partial charge < -0.3 is 15.7 Å². The zero-order chi connectivity index (χ0) is 15.2. The Morgan fingerprint density at radius 2 is 1.86 bits per heavy atom. The van der Waals surface area contributed by atoms with E-state index < -0.39 is 0 Å². The lowest BCUT2D eigenvalue weighted by atomic mass is 10.2. The second-order valence-corrected chi connectivity index (χ2v) is 6.96. The SMILES string of the molecule is O=C(NCCO)c1ccc(NC(=O)c2csc(I)c2)cc1. The lowest BCUT2D eigenvalue weighted by molar-refractivity contribution is 0.0944. The zero-order valence-electron chi connectivity index (χ0n) is 10.9. The Labute approximate surface area is 139 Å². The normalized spacial score (nSPS) is 10.2. The van der Waals surface area contributed by atoms with E-state index in [1.165, 1.54) is 11.3 Å². The van der Waals surface area contributed by atoms with E-state index >= 15 is 0 Å². The molecule has 0 aliphatic rings. The van der Waals surface area contributed by atoms with Gasteiger partial charge in [-0.15, -0.1) is 11.3 Å².